The monoisotopic (exact) mass is 416 g/mol. The van der Waals surface area contributed by atoms with Gasteiger partial charge in [-0.1, -0.05) is 35.9 Å². The Labute approximate surface area is 172 Å². The lowest BCUT2D eigenvalue weighted by atomic mass is 10.0. The Balaban J connectivity index is 1.92. The molecule has 1 aliphatic heterocycles. The topological polar surface area (TPSA) is 49.4 Å². The van der Waals surface area contributed by atoms with Crippen molar-refractivity contribution in [3.05, 3.63) is 71.3 Å². The summed E-state index contributed by atoms with van der Waals surface area (Å²) >= 11 is 12.7. The number of anilines is 1. The molecule has 4 nitrogen and oxygen atoms in total. The van der Waals surface area contributed by atoms with Gasteiger partial charge in [-0.25, -0.2) is 0 Å². The Bertz CT molecular complexity index is 925. The average molecular weight is 417 g/mol. The van der Waals surface area contributed by atoms with Gasteiger partial charge in [-0.15, -0.1) is 11.8 Å². The van der Waals surface area contributed by atoms with Crippen LogP contribution in [0.3, 0.4) is 0 Å². The van der Waals surface area contributed by atoms with Gasteiger partial charge in [0.25, 0.3) is 11.8 Å². The summed E-state index contributed by atoms with van der Waals surface area (Å²) in [5.74, 6) is -0.940. The highest BCUT2D eigenvalue weighted by atomic mass is 35.5. The molecule has 1 saturated heterocycles. The van der Waals surface area contributed by atoms with Crippen molar-refractivity contribution in [1.82, 2.24) is 5.32 Å². The lowest BCUT2D eigenvalue weighted by Crippen LogP contribution is -2.54. The minimum atomic E-state index is -0.489. The zero-order valence-corrected chi connectivity index (χ0v) is 17.1. The maximum Gasteiger partial charge on any atom is 0.269 e. The molecule has 1 aliphatic rings. The molecule has 138 valence electrons. The Kier molecular flexibility index (Phi) is 5.69. The highest BCUT2D eigenvalue weighted by Gasteiger charge is 2.36. The highest BCUT2D eigenvalue weighted by Crippen LogP contribution is 2.35. The molecule has 1 fully saturated rings. The van der Waals surface area contributed by atoms with Crippen LogP contribution in [-0.2, 0) is 9.59 Å². The minimum absolute atomic E-state index is 0.0537. The van der Waals surface area contributed by atoms with Gasteiger partial charge >= 0.3 is 0 Å². The molecule has 2 amide bonds. The van der Waals surface area contributed by atoms with Gasteiger partial charge in [0.1, 0.15) is 5.57 Å². The Morgan fingerprint density at radius 2 is 1.70 bits per heavy atom. The fraction of sp³-hybridized carbons (Fsp3) is 0.150. The fourth-order valence-corrected chi connectivity index (χ4v) is 4.14. The molecule has 0 unspecified atom stereocenters. The van der Waals surface area contributed by atoms with Crippen LogP contribution >= 0.6 is 35.6 Å². The number of hydrogen-bond acceptors (Lipinski definition) is 4. The summed E-state index contributed by atoms with van der Waals surface area (Å²) in [6.07, 6.45) is 1.69. The van der Waals surface area contributed by atoms with Crippen LogP contribution in [0.15, 0.2) is 71.1 Å². The first-order valence-corrected chi connectivity index (χ1v) is 9.79. The first-order valence-electron chi connectivity index (χ1n) is 8.19. The number of nitrogens with zero attached hydrogens (tertiary/aromatic N) is 1. The van der Waals surface area contributed by atoms with E-state index in [1.807, 2.05) is 44.2 Å². The Morgan fingerprint density at radius 1 is 1.07 bits per heavy atom. The number of thioether (sulfide) groups is 1. The van der Waals surface area contributed by atoms with Crippen molar-refractivity contribution in [2.24, 2.45) is 0 Å². The summed E-state index contributed by atoms with van der Waals surface area (Å²) in [5.41, 5.74) is 0.612. The van der Waals surface area contributed by atoms with E-state index in [2.05, 4.69) is 5.32 Å². The van der Waals surface area contributed by atoms with Gasteiger partial charge < -0.3 is 0 Å². The molecule has 7 heteroatoms. The molecule has 0 radical (unpaired) electrons. The molecule has 0 atom stereocenters. The summed E-state index contributed by atoms with van der Waals surface area (Å²) in [7, 11) is 0. The van der Waals surface area contributed by atoms with E-state index in [-0.39, 0.29) is 10.7 Å². The summed E-state index contributed by atoms with van der Waals surface area (Å²) in [6.45, 7) is 3.91. The minimum Gasteiger partial charge on any atom is -0.298 e. The van der Waals surface area contributed by atoms with Crippen molar-refractivity contribution < 1.29 is 9.59 Å². The number of nitrogens with one attached hydrogen (secondary N) is 1. The molecule has 0 aromatic heterocycles. The normalized spacial score (nSPS) is 16.6. The van der Waals surface area contributed by atoms with Gasteiger partial charge in [0, 0.05) is 14.7 Å². The van der Waals surface area contributed by atoms with Crippen molar-refractivity contribution in [2.45, 2.75) is 23.5 Å². The second kappa shape index (κ2) is 7.84. The molecule has 0 saturated carbocycles. The van der Waals surface area contributed by atoms with E-state index in [1.165, 1.54) is 4.90 Å². The lowest BCUT2D eigenvalue weighted by Gasteiger charge is -2.30. The van der Waals surface area contributed by atoms with E-state index >= 15 is 0 Å². The lowest BCUT2D eigenvalue weighted by molar-refractivity contribution is -0.122. The second-order valence-corrected chi connectivity index (χ2v) is 9.00. The molecule has 3 rings (SSSR count). The molecule has 27 heavy (non-hydrogen) atoms. The molecule has 0 spiro atoms. The Hall–Kier alpha value is -2.15. The van der Waals surface area contributed by atoms with E-state index in [9.17, 15) is 9.59 Å². The second-order valence-electron chi connectivity index (χ2n) is 6.45. The van der Waals surface area contributed by atoms with E-state index in [0.717, 1.165) is 4.90 Å². The zero-order valence-electron chi connectivity index (χ0n) is 14.7. The highest BCUT2D eigenvalue weighted by molar-refractivity contribution is 8.00. The molecule has 2 aromatic carbocycles. The smallest absolute Gasteiger partial charge is 0.269 e. The van der Waals surface area contributed by atoms with Gasteiger partial charge in [-0.3, -0.25) is 19.8 Å². The van der Waals surface area contributed by atoms with Gasteiger partial charge in [-0.05, 0) is 62.5 Å². The van der Waals surface area contributed by atoms with Gasteiger partial charge in [-0.2, -0.15) is 0 Å². The van der Waals surface area contributed by atoms with E-state index in [0.29, 0.717) is 10.7 Å². The van der Waals surface area contributed by atoms with Gasteiger partial charge in [0.15, 0.2) is 5.11 Å². The third-order valence-corrected chi connectivity index (χ3v) is 5.49. The average Bonchev–Trinajstić information content (AvgIpc) is 2.61. The maximum absolute atomic E-state index is 13.0. The van der Waals surface area contributed by atoms with Crippen LogP contribution in [0, 0.1) is 0 Å². The fourth-order valence-electron chi connectivity index (χ4n) is 2.65. The van der Waals surface area contributed by atoms with Gasteiger partial charge in [0.05, 0.1) is 5.69 Å². The molecular weight excluding hydrogens is 400 g/mol. The van der Waals surface area contributed by atoms with Gasteiger partial charge in [0.2, 0.25) is 0 Å². The number of carbonyl (C=O) groups excluding carboxylic acids is 2. The van der Waals surface area contributed by atoms with Crippen molar-refractivity contribution in [3.8, 4) is 0 Å². The van der Waals surface area contributed by atoms with Crippen molar-refractivity contribution >= 4 is 58.2 Å². The number of hydrogen-bond donors (Lipinski definition) is 1. The molecule has 2 aromatic rings. The Morgan fingerprint density at radius 3 is 2.33 bits per heavy atom. The van der Waals surface area contributed by atoms with E-state index < -0.39 is 16.6 Å². The van der Waals surface area contributed by atoms with Crippen molar-refractivity contribution in [2.75, 3.05) is 4.90 Å². The number of halogens is 1. The number of thiocarbonyl (C=S) groups is 1. The molecule has 0 aliphatic carbocycles. The van der Waals surface area contributed by atoms with Crippen LogP contribution < -0.4 is 10.2 Å². The first kappa shape index (κ1) is 19.6. The van der Waals surface area contributed by atoms with Crippen LogP contribution in [0.1, 0.15) is 13.8 Å². The van der Waals surface area contributed by atoms with Crippen molar-refractivity contribution in [3.63, 3.8) is 0 Å². The molecule has 1 N–H and O–H groups in total. The quantitative estimate of drug-likeness (QED) is 0.343. The molecule has 1 heterocycles. The third-order valence-electron chi connectivity index (χ3n) is 3.80. The van der Waals surface area contributed by atoms with Crippen LogP contribution in [0.5, 0.6) is 0 Å². The SMILES string of the molecule is CC(C)(/C=C1/C(=O)NC(=S)N(c2ccc(Cl)cc2)C1=O)Sc1ccccc1. The van der Waals surface area contributed by atoms with Crippen LogP contribution in [-0.4, -0.2) is 21.7 Å². The maximum atomic E-state index is 13.0. The van der Waals surface area contributed by atoms with Crippen LogP contribution in [0.4, 0.5) is 5.69 Å². The van der Waals surface area contributed by atoms with E-state index in [4.69, 9.17) is 23.8 Å². The first-order chi connectivity index (χ1) is 12.8. The van der Waals surface area contributed by atoms with Crippen LogP contribution in [0.25, 0.3) is 0 Å². The summed E-state index contributed by atoms with van der Waals surface area (Å²) in [6, 6.07) is 16.5. The standard InChI is InChI=1S/C20H17ClN2O2S2/c1-20(2,27-15-6-4-3-5-7-15)12-16-17(24)22-19(26)23(18(16)25)14-10-8-13(21)9-11-14/h3-12H,1-2H3,(H,22,24,26)/b16-12-. The predicted octanol–water partition coefficient (Wildman–Crippen LogP) is 4.59. The number of carbonyl (C=O) groups is 2. The van der Waals surface area contributed by atoms with Crippen molar-refractivity contribution in [1.29, 1.82) is 0 Å². The third kappa shape index (κ3) is 4.58. The molecular formula is C20H17ClN2O2S2. The van der Waals surface area contributed by atoms with Crippen LogP contribution in [0.2, 0.25) is 5.02 Å². The number of benzene rings is 2. The summed E-state index contributed by atoms with van der Waals surface area (Å²) < 4.78 is -0.478. The largest absolute Gasteiger partial charge is 0.298 e. The number of rotatable bonds is 4. The zero-order chi connectivity index (χ0) is 19.6. The molecule has 0 bridgehead atoms. The van der Waals surface area contributed by atoms with E-state index in [1.54, 1.807) is 42.1 Å². The summed E-state index contributed by atoms with van der Waals surface area (Å²) in [4.78, 5) is 27.8. The number of amides is 2. The summed E-state index contributed by atoms with van der Waals surface area (Å²) in [5, 5.41) is 3.20. The predicted molar refractivity (Wildman–Crippen MR) is 114 cm³/mol.